The zero-order chi connectivity index (χ0) is 13.0. The van der Waals surface area contributed by atoms with Crippen molar-refractivity contribution in [2.45, 2.75) is 32.5 Å². The number of aromatic amines is 1. The number of nitrogens with zero attached hydrogens (tertiary/aromatic N) is 1. The average Bonchev–Trinajstić information content (AvgIpc) is 2.78. The monoisotopic (exact) mass is 253 g/mol. The third-order valence-corrected chi connectivity index (χ3v) is 4.48. The fraction of sp³-hybridized carbons (Fsp3) is 0.375. The molecule has 3 heteroatoms. The Morgan fingerprint density at radius 1 is 1.26 bits per heavy atom. The molecule has 3 heterocycles. The van der Waals surface area contributed by atoms with Crippen LogP contribution in [0.1, 0.15) is 37.6 Å². The molecule has 0 saturated carbocycles. The number of benzene rings is 1. The van der Waals surface area contributed by atoms with E-state index in [9.17, 15) is 0 Å². The lowest BCUT2D eigenvalue weighted by Crippen LogP contribution is -2.51. The maximum absolute atomic E-state index is 3.64. The molecule has 1 aromatic heterocycles. The highest BCUT2D eigenvalue weighted by Gasteiger charge is 2.34. The van der Waals surface area contributed by atoms with Crippen molar-refractivity contribution < 1.29 is 0 Å². The molecule has 1 unspecified atom stereocenters. The van der Waals surface area contributed by atoms with Gasteiger partial charge in [0.25, 0.3) is 0 Å². The van der Waals surface area contributed by atoms with E-state index >= 15 is 0 Å². The Bertz CT molecular complexity index is 668. The SMILES string of the molecule is CC1=Cc2c([nH]c3ccccc23)C2CCN[C@H](C)N12. The number of hydrogen-bond acceptors (Lipinski definition) is 2. The molecule has 2 aliphatic rings. The Kier molecular flexibility index (Phi) is 2.27. The molecule has 3 nitrogen and oxygen atoms in total. The van der Waals surface area contributed by atoms with Crippen LogP contribution in [0.4, 0.5) is 0 Å². The van der Waals surface area contributed by atoms with Crippen LogP contribution in [0.3, 0.4) is 0 Å². The lowest BCUT2D eigenvalue weighted by molar-refractivity contribution is 0.117. The molecule has 0 aliphatic carbocycles. The van der Waals surface area contributed by atoms with Crippen molar-refractivity contribution in [3.05, 3.63) is 41.2 Å². The summed E-state index contributed by atoms with van der Waals surface area (Å²) in [7, 11) is 0. The molecule has 2 atom stereocenters. The minimum absolute atomic E-state index is 0.412. The van der Waals surface area contributed by atoms with Crippen molar-refractivity contribution in [1.29, 1.82) is 0 Å². The lowest BCUT2D eigenvalue weighted by atomic mass is 9.94. The van der Waals surface area contributed by atoms with Crippen LogP contribution in [-0.2, 0) is 0 Å². The second kappa shape index (κ2) is 3.87. The first kappa shape index (κ1) is 11.1. The van der Waals surface area contributed by atoms with E-state index in [0.717, 1.165) is 13.0 Å². The topological polar surface area (TPSA) is 31.1 Å². The first-order valence-electron chi connectivity index (χ1n) is 7.06. The molecule has 0 radical (unpaired) electrons. The average molecular weight is 253 g/mol. The molecule has 1 saturated heterocycles. The van der Waals surface area contributed by atoms with Gasteiger partial charge in [0, 0.05) is 27.9 Å². The summed E-state index contributed by atoms with van der Waals surface area (Å²) in [5.74, 6) is 0. The summed E-state index contributed by atoms with van der Waals surface area (Å²) in [5.41, 5.74) is 5.40. The molecule has 4 rings (SSSR count). The second-order valence-corrected chi connectivity index (χ2v) is 5.63. The van der Waals surface area contributed by atoms with Gasteiger partial charge in [-0.1, -0.05) is 18.2 Å². The molecule has 19 heavy (non-hydrogen) atoms. The molecule has 0 spiro atoms. The number of para-hydroxylation sites is 1. The minimum atomic E-state index is 0.412. The van der Waals surface area contributed by atoms with Gasteiger partial charge in [0.15, 0.2) is 0 Å². The van der Waals surface area contributed by atoms with Crippen LogP contribution in [0.15, 0.2) is 30.0 Å². The smallest absolute Gasteiger partial charge is 0.0771 e. The number of H-pyrrole nitrogens is 1. The number of aromatic nitrogens is 1. The third kappa shape index (κ3) is 1.48. The van der Waals surface area contributed by atoms with Crippen molar-refractivity contribution in [3.63, 3.8) is 0 Å². The first-order valence-corrected chi connectivity index (χ1v) is 7.06. The summed E-state index contributed by atoms with van der Waals surface area (Å²) in [6.07, 6.45) is 3.90. The summed E-state index contributed by atoms with van der Waals surface area (Å²) in [6.45, 7) is 5.56. The molecule has 98 valence electrons. The highest BCUT2D eigenvalue weighted by molar-refractivity contribution is 5.91. The van der Waals surface area contributed by atoms with E-state index in [1.165, 1.54) is 27.9 Å². The Labute approximate surface area is 113 Å². The summed E-state index contributed by atoms with van der Waals surface area (Å²) in [6, 6.07) is 9.10. The maximum atomic E-state index is 3.64. The van der Waals surface area contributed by atoms with E-state index in [1.807, 2.05) is 0 Å². The van der Waals surface area contributed by atoms with Crippen molar-refractivity contribution in [2.75, 3.05) is 6.54 Å². The summed E-state index contributed by atoms with van der Waals surface area (Å²) in [4.78, 5) is 6.14. The van der Waals surface area contributed by atoms with Gasteiger partial charge in [0.05, 0.1) is 12.2 Å². The third-order valence-electron chi connectivity index (χ3n) is 4.48. The van der Waals surface area contributed by atoms with Gasteiger partial charge in [-0.2, -0.15) is 0 Å². The van der Waals surface area contributed by atoms with Crippen LogP contribution in [0.5, 0.6) is 0 Å². The Morgan fingerprint density at radius 2 is 2.11 bits per heavy atom. The maximum Gasteiger partial charge on any atom is 0.0771 e. The van der Waals surface area contributed by atoms with Crippen molar-refractivity contribution in [2.24, 2.45) is 0 Å². The molecule has 0 amide bonds. The van der Waals surface area contributed by atoms with E-state index in [1.54, 1.807) is 0 Å². The number of hydrogen-bond donors (Lipinski definition) is 2. The number of rotatable bonds is 0. The zero-order valence-corrected chi connectivity index (χ0v) is 11.4. The second-order valence-electron chi connectivity index (χ2n) is 5.63. The fourth-order valence-corrected chi connectivity index (χ4v) is 3.66. The Balaban J connectivity index is 1.96. The lowest BCUT2D eigenvalue weighted by Gasteiger charge is -2.45. The molecule has 2 aromatic rings. The molecular formula is C16H19N3. The fourth-order valence-electron chi connectivity index (χ4n) is 3.66. The summed E-state index contributed by atoms with van der Waals surface area (Å²) < 4.78 is 0. The van der Waals surface area contributed by atoms with Gasteiger partial charge in [-0.25, -0.2) is 0 Å². The molecule has 2 N–H and O–H groups in total. The van der Waals surface area contributed by atoms with Gasteiger partial charge in [-0.05, 0) is 39.0 Å². The van der Waals surface area contributed by atoms with E-state index in [0.29, 0.717) is 12.2 Å². The van der Waals surface area contributed by atoms with Crippen LogP contribution in [0, 0.1) is 0 Å². The highest BCUT2D eigenvalue weighted by atomic mass is 15.3. The van der Waals surface area contributed by atoms with Crippen LogP contribution in [-0.4, -0.2) is 22.6 Å². The van der Waals surface area contributed by atoms with Crippen LogP contribution in [0.25, 0.3) is 17.0 Å². The predicted octanol–water partition coefficient (Wildman–Crippen LogP) is 3.22. The quantitative estimate of drug-likeness (QED) is 0.755. The van der Waals surface area contributed by atoms with Gasteiger partial charge in [-0.15, -0.1) is 0 Å². The molecule has 2 aliphatic heterocycles. The van der Waals surface area contributed by atoms with E-state index in [2.05, 4.69) is 59.4 Å². The molecule has 1 aromatic carbocycles. The zero-order valence-electron chi connectivity index (χ0n) is 11.4. The summed E-state index contributed by atoms with van der Waals surface area (Å²) in [5, 5.41) is 4.90. The number of allylic oxidation sites excluding steroid dienone is 1. The van der Waals surface area contributed by atoms with Gasteiger partial charge in [-0.3, -0.25) is 5.32 Å². The van der Waals surface area contributed by atoms with Crippen LogP contribution < -0.4 is 5.32 Å². The number of nitrogens with one attached hydrogen (secondary N) is 2. The van der Waals surface area contributed by atoms with Crippen molar-refractivity contribution >= 4 is 17.0 Å². The molecular weight excluding hydrogens is 234 g/mol. The van der Waals surface area contributed by atoms with Crippen LogP contribution >= 0.6 is 0 Å². The standard InChI is InChI=1S/C16H19N3/c1-10-9-13-12-5-3-4-6-14(12)18-16(13)15-7-8-17-11(2)19(10)15/h3-6,9,11,15,17-18H,7-8H2,1-2H3/t11-,15?/m0/s1. The summed E-state index contributed by atoms with van der Waals surface area (Å²) >= 11 is 0. The van der Waals surface area contributed by atoms with E-state index in [-0.39, 0.29) is 0 Å². The minimum Gasteiger partial charge on any atom is -0.356 e. The van der Waals surface area contributed by atoms with Crippen molar-refractivity contribution in [3.8, 4) is 0 Å². The van der Waals surface area contributed by atoms with E-state index < -0.39 is 0 Å². The first-order chi connectivity index (χ1) is 9.25. The normalized spacial score (nSPS) is 26.0. The largest absolute Gasteiger partial charge is 0.356 e. The van der Waals surface area contributed by atoms with Gasteiger partial charge in [0.2, 0.25) is 0 Å². The van der Waals surface area contributed by atoms with Crippen LogP contribution in [0.2, 0.25) is 0 Å². The van der Waals surface area contributed by atoms with Gasteiger partial charge >= 0.3 is 0 Å². The van der Waals surface area contributed by atoms with Gasteiger partial charge < -0.3 is 9.88 Å². The molecule has 1 fully saturated rings. The Morgan fingerprint density at radius 3 is 3.00 bits per heavy atom. The van der Waals surface area contributed by atoms with Gasteiger partial charge in [0.1, 0.15) is 0 Å². The van der Waals surface area contributed by atoms with Crippen molar-refractivity contribution in [1.82, 2.24) is 15.2 Å². The molecule has 0 bridgehead atoms. The Hall–Kier alpha value is -1.74. The number of fused-ring (bicyclic) bond motifs is 5. The van der Waals surface area contributed by atoms with E-state index in [4.69, 9.17) is 0 Å². The predicted molar refractivity (Wildman–Crippen MR) is 78.6 cm³/mol. The highest BCUT2D eigenvalue weighted by Crippen LogP contribution is 2.41.